The van der Waals surface area contributed by atoms with Gasteiger partial charge in [0.05, 0.1) is 25.5 Å². The van der Waals surface area contributed by atoms with E-state index in [9.17, 15) is 28.7 Å². The molecule has 0 saturated carbocycles. The van der Waals surface area contributed by atoms with Crippen LogP contribution in [-0.2, 0) is 59.6 Å². The molecule has 0 atom stereocenters. The fourth-order valence-electron chi connectivity index (χ4n) is 4.86. The summed E-state index contributed by atoms with van der Waals surface area (Å²) in [5, 5.41) is 0. The molecule has 0 heterocycles. The Bertz CT molecular complexity index is 1190. The molecule has 45 heavy (non-hydrogen) atoms. The molecule has 0 spiro atoms. The maximum Gasteiger partial charge on any atom is 0.329 e. The van der Waals surface area contributed by atoms with Crippen LogP contribution in [0.15, 0.2) is 24.3 Å². The Hall–Kier alpha value is -1.17. The van der Waals surface area contributed by atoms with E-state index >= 15 is 0 Å². The maximum atomic E-state index is 11.4. The molecular weight excluding hydrogens is 657 g/mol. The zero-order valence-corrected chi connectivity index (χ0v) is 32.5. The van der Waals surface area contributed by atoms with Crippen molar-refractivity contribution in [1.82, 2.24) is 0 Å². The van der Waals surface area contributed by atoms with Crippen molar-refractivity contribution in [3.05, 3.63) is 57.6 Å². The van der Waals surface area contributed by atoms with Crippen molar-refractivity contribution in [2.24, 2.45) is 0 Å². The van der Waals surface area contributed by atoms with Crippen LogP contribution in [0.1, 0.15) is 130 Å². The third-order valence-electron chi connectivity index (χ3n) is 6.88. The van der Waals surface area contributed by atoms with E-state index in [1.54, 1.807) is 0 Å². The SMILES string of the molecule is CCOc1c(C(C)(C)C)cc(CP(=O)(O)O)cc1C(C)(C)C.CCOc1c(C(C)(C)C)cc(CP(=O)(O)O)cc1C(C)(C)C.[Ni]. The minimum absolute atomic E-state index is 0. The van der Waals surface area contributed by atoms with Crippen molar-refractivity contribution < 1.29 is 54.7 Å². The number of ether oxygens (including phenoxy) is 2. The van der Waals surface area contributed by atoms with Gasteiger partial charge in [0.1, 0.15) is 11.5 Å². The van der Waals surface area contributed by atoms with E-state index < -0.39 is 15.2 Å². The number of benzene rings is 2. The zero-order valence-electron chi connectivity index (χ0n) is 29.8. The Kier molecular flexibility index (Phi) is 15.4. The minimum atomic E-state index is -4.10. The van der Waals surface area contributed by atoms with Gasteiger partial charge in [-0.1, -0.05) is 107 Å². The van der Waals surface area contributed by atoms with Crippen LogP contribution in [0, 0.1) is 0 Å². The summed E-state index contributed by atoms with van der Waals surface area (Å²) >= 11 is 0. The van der Waals surface area contributed by atoms with Gasteiger partial charge in [-0.3, -0.25) is 9.13 Å². The van der Waals surface area contributed by atoms with E-state index in [0.717, 1.165) is 33.8 Å². The second kappa shape index (κ2) is 15.8. The van der Waals surface area contributed by atoms with Crippen LogP contribution in [0.3, 0.4) is 0 Å². The number of hydrogen-bond acceptors (Lipinski definition) is 4. The molecule has 8 nitrogen and oxygen atoms in total. The van der Waals surface area contributed by atoms with Gasteiger partial charge in [0.2, 0.25) is 0 Å². The fraction of sp³-hybridized carbons (Fsp3) is 0.647. The summed E-state index contributed by atoms with van der Waals surface area (Å²) in [6.45, 7) is 30.0. The van der Waals surface area contributed by atoms with Gasteiger partial charge in [0.15, 0.2) is 0 Å². The standard InChI is InChI=1S/2C17H29O4P.Ni/c2*1-8-21-15-13(16(2,3)4)9-12(11-22(18,19)20)10-14(15)17(5,6)7;/h2*9-10H,8,11H2,1-7H3,(H2,18,19,20);. The molecule has 0 unspecified atom stereocenters. The van der Waals surface area contributed by atoms with Gasteiger partial charge in [-0.25, -0.2) is 0 Å². The van der Waals surface area contributed by atoms with Gasteiger partial charge in [-0.15, -0.1) is 0 Å². The maximum absolute atomic E-state index is 11.4. The van der Waals surface area contributed by atoms with Crippen LogP contribution in [0.4, 0.5) is 0 Å². The van der Waals surface area contributed by atoms with Gasteiger partial charge in [0.25, 0.3) is 0 Å². The average molecular weight is 715 g/mol. The molecule has 0 aliphatic carbocycles. The zero-order chi connectivity index (χ0) is 34.7. The predicted molar refractivity (Wildman–Crippen MR) is 182 cm³/mol. The number of rotatable bonds is 8. The van der Waals surface area contributed by atoms with Crippen LogP contribution in [-0.4, -0.2) is 32.8 Å². The molecule has 4 N–H and O–H groups in total. The molecule has 2 aromatic carbocycles. The molecule has 2 rings (SSSR count). The Morgan fingerprint density at radius 1 is 0.511 bits per heavy atom. The smallest absolute Gasteiger partial charge is 0.329 e. The van der Waals surface area contributed by atoms with Gasteiger partial charge in [-0.05, 0) is 46.6 Å². The summed E-state index contributed by atoms with van der Waals surface area (Å²) in [5.74, 6) is 1.69. The van der Waals surface area contributed by atoms with Crippen LogP contribution >= 0.6 is 15.2 Å². The topological polar surface area (TPSA) is 134 Å². The third-order valence-corrected chi connectivity index (χ3v) is 8.44. The summed E-state index contributed by atoms with van der Waals surface area (Å²) < 4.78 is 34.6. The Morgan fingerprint density at radius 3 is 0.844 bits per heavy atom. The molecule has 0 aliphatic heterocycles. The van der Waals surface area contributed by atoms with Gasteiger partial charge >= 0.3 is 15.2 Å². The molecule has 2 aromatic rings. The Balaban J connectivity index is 0.000000842. The van der Waals surface area contributed by atoms with Gasteiger partial charge in [-0.2, -0.15) is 0 Å². The molecule has 0 saturated heterocycles. The van der Waals surface area contributed by atoms with E-state index in [1.807, 2.05) is 38.1 Å². The van der Waals surface area contributed by atoms with E-state index in [0.29, 0.717) is 24.3 Å². The molecule has 11 heteroatoms. The van der Waals surface area contributed by atoms with Crippen molar-refractivity contribution in [2.75, 3.05) is 13.2 Å². The van der Waals surface area contributed by atoms with E-state index in [4.69, 9.17) is 9.47 Å². The minimum Gasteiger partial charge on any atom is -0.493 e. The van der Waals surface area contributed by atoms with E-state index in [2.05, 4.69) is 83.1 Å². The predicted octanol–water partition coefficient (Wildman–Crippen LogP) is 8.71. The number of hydrogen-bond donors (Lipinski definition) is 4. The fourth-order valence-corrected chi connectivity index (χ4v) is 6.18. The summed E-state index contributed by atoms with van der Waals surface area (Å²) in [4.78, 5) is 37.2. The summed E-state index contributed by atoms with van der Waals surface area (Å²) in [7, 11) is -8.21. The third kappa shape index (κ3) is 14.2. The molecular formula is C34H58NiO8P2. The molecule has 0 radical (unpaired) electrons. The first-order valence-corrected chi connectivity index (χ1v) is 18.8. The molecule has 0 amide bonds. The van der Waals surface area contributed by atoms with Gasteiger partial charge < -0.3 is 29.0 Å². The summed E-state index contributed by atoms with van der Waals surface area (Å²) in [6.07, 6.45) is -0.489. The van der Waals surface area contributed by atoms with Gasteiger partial charge in [0, 0.05) is 38.7 Å². The van der Waals surface area contributed by atoms with Crippen LogP contribution < -0.4 is 9.47 Å². The van der Waals surface area contributed by atoms with Crippen LogP contribution in [0.25, 0.3) is 0 Å². The average Bonchev–Trinajstić information content (AvgIpc) is 2.76. The monoisotopic (exact) mass is 714 g/mol. The summed E-state index contributed by atoms with van der Waals surface area (Å²) in [5.41, 5.74) is 4.60. The molecule has 262 valence electrons. The van der Waals surface area contributed by atoms with E-state index in [-0.39, 0.29) is 50.5 Å². The Labute approximate surface area is 282 Å². The first-order valence-electron chi connectivity index (χ1n) is 15.2. The molecule has 0 fully saturated rings. The van der Waals surface area contributed by atoms with Crippen molar-refractivity contribution >= 4 is 15.2 Å². The second-order valence-electron chi connectivity index (χ2n) is 15.6. The van der Waals surface area contributed by atoms with Crippen LogP contribution in [0.5, 0.6) is 11.5 Å². The van der Waals surface area contributed by atoms with Crippen molar-refractivity contribution in [1.29, 1.82) is 0 Å². The van der Waals surface area contributed by atoms with Crippen molar-refractivity contribution in [3.8, 4) is 11.5 Å². The van der Waals surface area contributed by atoms with Crippen molar-refractivity contribution in [3.63, 3.8) is 0 Å². The molecule has 0 aliphatic rings. The summed E-state index contributed by atoms with van der Waals surface area (Å²) in [6, 6.07) is 7.50. The first kappa shape index (κ1) is 43.8. The molecule has 0 aromatic heterocycles. The largest absolute Gasteiger partial charge is 0.493 e. The second-order valence-corrected chi connectivity index (χ2v) is 18.8. The normalized spacial score (nSPS) is 13.0. The first-order chi connectivity index (χ1) is 19.5. The van der Waals surface area contributed by atoms with E-state index in [1.165, 1.54) is 0 Å². The Morgan fingerprint density at radius 2 is 0.711 bits per heavy atom. The van der Waals surface area contributed by atoms with Crippen molar-refractivity contribution in [2.45, 2.75) is 131 Å². The quantitative estimate of drug-likeness (QED) is 0.158. The molecule has 0 bridgehead atoms. The van der Waals surface area contributed by atoms with Crippen LogP contribution in [0.2, 0.25) is 0 Å².